The average Bonchev–Trinajstić information content (AvgIpc) is 3.54. The number of carbonyl (C=O) groups excluding carboxylic acids is 2. The Morgan fingerprint density at radius 2 is 1.57 bits per heavy atom. The van der Waals surface area contributed by atoms with E-state index < -0.39 is 16.9 Å². The molecule has 0 aromatic heterocycles. The second kappa shape index (κ2) is 11.2. The smallest absolute Gasteiger partial charge is 0.234 e. The quantitative estimate of drug-likeness (QED) is 0.461. The standard InChI is InChI=1S/C33H52ClN3O3/c1-23(38)32(7,8)28(39)37(26-13-16-31(5,6)17-14-26)27-15-19-35(21-27)29(40)33(24-9-11-25(34)12-10-24)18-20-36(22-33)30(2,3)4/h9-12,23,26-27,38H,13-22H2,1-8H3/t23-,27?,33?/m0/s1. The summed E-state index contributed by atoms with van der Waals surface area (Å²) in [4.78, 5) is 35.2. The van der Waals surface area contributed by atoms with Crippen LogP contribution in [0, 0.1) is 10.8 Å². The predicted molar refractivity (Wildman–Crippen MR) is 162 cm³/mol. The lowest BCUT2D eigenvalue weighted by Crippen LogP contribution is -2.57. The van der Waals surface area contributed by atoms with Crippen LogP contribution in [0.4, 0.5) is 0 Å². The molecule has 1 aromatic carbocycles. The summed E-state index contributed by atoms with van der Waals surface area (Å²) < 4.78 is 0. The van der Waals surface area contributed by atoms with Gasteiger partial charge in [0.2, 0.25) is 11.8 Å². The van der Waals surface area contributed by atoms with Gasteiger partial charge in [0.05, 0.1) is 23.0 Å². The number of rotatable bonds is 6. The van der Waals surface area contributed by atoms with Gasteiger partial charge in [0.15, 0.2) is 0 Å². The minimum atomic E-state index is -0.881. The van der Waals surface area contributed by atoms with Gasteiger partial charge in [-0.25, -0.2) is 0 Å². The second-order valence-electron chi connectivity index (χ2n) is 15.1. The molecule has 1 aromatic rings. The van der Waals surface area contributed by atoms with E-state index in [-0.39, 0.29) is 34.9 Å². The number of hydrogen-bond donors (Lipinski definition) is 1. The minimum Gasteiger partial charge on any atom is -0.392 e. The van der Waals surface area contributed by atoms with E-state index in [1.165, 1.54) is 0 Å². The number of halogens is 1. The summed E-state index contributed by atoms with van der Waals surface area (Å²) in [7, 11) is 0. The Labute approximate surface area is 247 Å². The Balaban J connectivity index is 1.62. The highest BCUT2D eigenvalue weighted by Crippen LogP contribution is 2.43. The van der Waals surface area contributed by atoms with Gasteiger partial charge in [-0.1, -0.05) is 37.6 Å². The number of amides is 2. The van der Waals surface area contributed by atoms with Crippen LogP contribution < -0.4 is 0 Å². The topological polar surface area (TPSA) is 64.1 Å². The van der Waals surface area contributed by atoms with Crippen molar-refractivity contribution in [3.8, 4) is 0 Å². The highest BCUT2D eigenvalue weighted by molar-refractivity contribution is 6.30. The van der Waals surface area contributed by atoms with E-state index in [0.717, 1.165) is 50.6 Å². The van der Waals surface area contributed by atoms with Crippen molar-refractivity contribution >= 4 is 23.4 Å². The number of carbonyl (C=O) groups is 2. The van der Waals surface area contributed by atoms with E-state index in [1.54, 1.807) is 6.92 Å². The molecule has 3 atom stereocenters. The summed E-state index contributed by atoms with van der Waals surface area (Å²) >= 11 is 6.24. The first-order chi connectivity index (χ1) is 18.5. The molecular weight excluding hydrogens is 522 g/mol. The molecule has 1 saturated carbocycles. The summed E-state index contributed by atoms with van der Waals surface area (Å²) in [5.74, 6) is 0.176. The van der Waals surface area contributed by atoms with Crippen LogP contribution in [0.2, 0.25) is 5.02 Å². The molecule has 2 heterocycles. The number of aliphatic hydroxyl groups excluding tert-OH is 1. The molecule has 0 radical (unpaired) electrons. The van der Waals surface area contributed by atoms with E-state index in [2.05, 4.69) is 44.4 Å². The van der Waals surface area contributed by atoms with Crippen molar-refractivity contribution in [1.29, 1.82) is 0 Å². The zero-order valence-corrected chi connectivity index (χ0v) is 26.9. The van der Waals surface area contributed by atoms with E-state index in [1.807, 2.05) is 43.0 Å². The van der Waals surface area contributed by atoms with Crippen LogP contribution in [-0.2, 0) is 15.0 Å². The van der Waals surface area contributed by atoms with Crippen LogP contribution in [-0.4, -0.2) is 81.5 Å². The Hall–Kier alpha value is -1.63. The molecule has 224 valence electrons. The van der Waals surface area contributed by atoms with Crippen LogP contribution in [0.5, 0.6) is 0 Å². The maximum Gasteiger partial charge on any atom is 0.234 e. The van der Waals surface area contributed by atoms with Crippen LogP contribution in [0.15, 0.2) is 24.3 Å². The van der Waals surface area contributed by atoms with Gasteiger partial charge in [0, 0.05) is 42.8 Å². The van der Waals surface area contributed by atoms with Crippen molar-refractivity contribution < 1.29 is 14.7 Å². The lowest BCUT2D eigenvalue weighted by molar-refractivity contribution is -0.153. The van der Waals surface area contributed by atoms with Gasteiger partial charge >= 0.3 is 0 Å². The molecular formula is C33H52ClN3O3. The highest BCUT2D eigenvalue weighted by atomic mass is 35.5. The maximum absolute atomic E-state index is 14.6. The molecule has 6 nitrogen and oxygen atoms in total. The maximum atomic E-state index is 14.6. The molecule has 4 rings (SSSR count). The molecule has 2 saturated heterocycles. The van der Waals surface area contributed by atoms with Gasteiger partial charge < -0.3 is 14.9 Å². The van der Waals surface area contributed by atoms with Crippen molar-refractivity contribution in [3.63, 3.8) is 0 Å². The summed E-state index contributed by atoms with van der Waals surface area (Å²) in [6.45, 7) is 19.4. The van der Waals surface area contributed by atoms with Crippen molar-refractivity contribution in [2.45, 2.75) is 123 Å². The molecule has 0 spiro atoms. The van der Waals surface area contributed by atoms with Crippen LogP contribution in [0.25, 0.3) is 0 Å². The van der Waals surface area contributed by atoms with Crippen LogP contribution in [0.3, 0.4) is 0 Å². The molecule has 1 aliphatic carbocycles. The molecule has 3 aliphatic rings. The monoisotopic (exact) mass is 573 g/mol. The van der Waals surface area contributed by atoms with Gasteiger partial charge in [-0.3, -0.25) is 14.5 Å². The Morgan fingerprint density at radius 1 is 0.975 bits per heavy atom. The highest BCUT2D eigenvalue weighted by Gasteiger charge is 2.52. The number of benzene rings is 1. The van der Waals surface area contributed by atoms with Crippen LogP contribution >= 0.6 is 11.6 Å². The van der Waals surface area contributed by atoms with Gasteiger partial charge in [0.1, 0.15) is 0 Å². The molecule has 2 unspecified atom stereocenters. The molecule has 3 fully saturated rings. The fourth-order valence-electron chi connectivity index (χ4n) is 6.94. The van der Waals surface area contributed by atoms with Gasteiger partial charge in [0.25, 0.3) is 0 Å². The van der Waals surface area contributed by atoms with E-state index in [0.29, 0.717) is 24.7 Å². The summed E-state index contributed by atoms with van der Waals surface area (Å²) in [6.07, 6.45) is 4.87. The van der Waals surface area contributed by atoms with Crippen molar-refractivity contribution in [1.82, 2.24) is 14.7 Å². The van der Waals surface area contributed by atoms with Gasteiger partial charge in [-0.05, 0) is 103 Å². The van der Waals surface area contributed by atoms with E-state index in [9.17, 15) is 14.7 Å². The first-order valence-electron chi connectivity index (χ1n) is 15.3. The van der Waals surface area contributed by atoms with Crippen molar-refractivity contribution in [3.05, 3.63) is 34.9 Å². The minimum absolute atomic E-state index is 0.0127. The predicted octanol–water partition coefficient (Wildman–Crippen LogP) is 5.89. The number of aliphatic hydroxyl groups is 1. The number of likely N-dealkylation sites (tertiary alicyclic amines) is 2. The lowest BCUT2D eigenvalue weighted by atomic mass is 9.74. The molecule has 7 heteroatoms. The van der Waals surface area contributed by atoms with Crippen molar-refractivity contribution in [2.75, 3.05) is 26.2 Å². The molecule has 0 bridgehead atoms. The largest absolute Gasteiger partial charge is 0.392 e. The Morgan fingerprint density at radius 3 is 2.10 bits per heavy atom. The summed E-state index contributed by atoms with van der Waals surface area (Å²) in [6, 6.07) is 7.92. The van der Waals surface area contributed by atoms with Crippen LogP contribution in [0.1, 0.15) is 99.5 Å². The fraction of sp³-hybridized carbons (Fsp3) is 0.758. The Kier molecular flexibility index (Phi) is 8.78. The molecule has 2 aliphatic heterocycles. The average molecular weight is 574 g/mol. The fourth-order valence-corrected chi connectivity index (χ4v) is 7.07. The molecule has 2 amide bonds. The Bertz CT molecular complexity index is 1070. The number of nitrogens with zero attached hydrogens (tertiary/aromatic N) is 3. The number of hydrogen-bond acceptors (Lipinski definition) is 4. The third-order valence-corrected chi connectivity index (χ3v) is 10.7. The zero-order chi connectivity index (χ0) is 29.7. The first-order valence-corrected chi connectivity index (χ1v) is 15.7. The molecule has 1 N–H and O–H groups in total. The van der Waals surface area contributed by atoms with E-state index >= 15 is 0 Å². The van der Waals surface area contributed by atoms with E-state index in [4.69, 9.17) is 11.6 Å². The van der Waals surface area contributed by atoms with Gasteiger partial charge in [-0.15, -0.1) is 0 Å². The summed E-state index contributed by atoms with van der Waals surface area (Å²) in [5, 5.41) is 11.2. The third-order valence-electron chi connectivity index (χ3n) is 10.4. The molecule has 40 heavy (non-hydrogen) atoms. The third kappa shape index (κ3) is 6.10. The summed E-state index contributed by atoms with van der Waals surface area (Å²) in [5.41, 5.74) is -0.236. The van der Waals surface area contributed by atoms with Gasteiger partial charge in [-0.2, -0.15) is 0 Å². The first kappa shape index (κ1) is 31.3. The lowest BCUT2D eigenvalue weighted by Gasteiger charge is -2.46. The zero-order valence-electron chi connectivity index (χ0n) is 26.1. The SMILES string of the molecule is C[C@H](O)C(C)(C)C(=O)N(C1CCC(C)(C)CC1)C1CCN(C(=O)C2(c3ccc(Cl)cc3)CCN(C(C)(C)C)C2)C1. The van der Waals surface area contributed by atoms with Crippen molar-refractivity contribution in [2.24, 2.45) is 10.8 Å². The normalized spacial score (nSPS) is 27.1. The second-order valence-corrected chi connectivity index (χ2v) is 15.6.